The van der Waals surface area contributed by atoms with E-state index in [1.807, 2.05) is 7.05 Å². The first-order valence-electron chi connectivity index (χ1n) is 7.23. The molecule has 0 aliphatic carbocycles. The Morgan fingerprint density at radius 3 is 2.84 bits per heavy atom. The average Bonchev–Trinajstić information content (AvgIpc) is 2.38. The Balaban J connectivity index is 2.35. The van der Waals surface area contributed by atoms with Gasteiger partial charge < -0.3 is 10.1 Å². The van der Waals surface area contributed by atoms with Crippen LogP contribution in [-0.4, -0.2) is 26.8 Å². The Morgan fingerprint density at radius 1 is 1.32 bits per heavy atom. The molecule has 0 spiro atoms. The van der Waals surface area contributed by atoms with Crippen LogP contribution in [0.5, 0.6) is 0 Å². The van der Waals surface area contributed by atoms with Crippen molar-refractivity contribution in [2.24, 2.45) is 5.92 Å². The molecule has 0 aliphatic heterocycles. The molecule has 19 heavy (non-hydrogen) atoms. The van der Waals surface area contributed by atoms with Gasteiger partial charge in [0.2, 0.25) is 0 Å². The molecule has 0 aromatic heterocycles. The number of benzene rings is 1. The highest BCUT2D eigenvalue weighted by molar-refractivity contribution is 9.10. The van der Waals surface area contributed by atoms with E-state index in [1.54, 1.807) is 0 Å². The molecule has 1 aromatic rings. The van der Waals surface area contributed by atoms with Crippen molar-refractivity contribution in [3.8, 4) is 0 Å². The van der Waals surface area contributed by atoms with E-state index in [9.17, 15) is 0 Å². The van der Waals surface area contributed by atoms with Gasteiger partial charge in [-0.05, 0) is 56.5 Å². The van der Waals surface area contributed by atoms with Crippen molar-refractivity contribution < 1.29 is 4.74 Å². The van der Waals surface area contributed by atoms with Crippen LogP contribution in [0.15, 0.2) is 28.7 Å². The minimum absolute atomic E-state index is 0.640. The summed E-state index contributed by atoms with van der Waals surface area (Å²) in [7, 11) is 2.02. The van der Waals surface area contributed by atoms with Gasteiger partial charge in [0.05, 0.1) is 0 Å². The lowest BCUT2D eigenvalue weighted by atomic mass is 9.96. The van der Waals surface area contributed by atoms with Crippen LogP contribution in [0.4, 0.5) is 0 Å². The molecule has 1 rings (SSSR count). The SMILES string of the molecule is CCCCOCCC(CNC)Cc1cccc(Br)c1. The first-order valence-corrected chi connectivity index (χ1v) is 8.02. The van der Waals surface area contributed by atoms with Gasteiger partial charge in [-0.1, -0.05) is 41.4 Å². The smallest absolute Gasteiger partial charge is 0.0469 e. The van der Waals surface area contributed by atoms with Gasteiger partial charge >= 0.3 is 0 Å². The Labute approximate surface area is 126 Å². The molecule has 0 saturated heterocycles. The first kappa shape index (κ1) is 16.7. The van der Waals surface area contributed by atoms with Crippen molar-refractivity contribution in [1.82, 2.24) is 5.32 Å². The van der Waals surface area contributed by atoms with E-state index in [-0.39, 0.29) is 0 Å². The molecule has 1 N–H and O–H groups in total. The van der Waals surface area contributed by atoms with E-state index in [0.717, 1.165) is 37.1 Å². The summed E-state index contributed by atoms with van der Waals surface area (Å²) in [5.74, 6) is 0.640. The van der Waals surface area contributed by atoms with Gasteiger partial charge in [0.1, 0.15) is 0 Å². The van der Waals surface area contributed by atoms with E-state index in [4.69, 9.17) is 4.74 Å². The van der Waals surface area contributed by atoms with Gasteiger partial charge in [-0.3, -0.25) is 0 Å². The zero-order valence-electron chi connectivity index (χ0n) is 12.1. The molecule has 0 heterocycles. The molecule has 3 heteroatoms. The lowest BCUT2D eigenvalue weighted by molar-refractivity contribution is 0.117. The molecule has 0 bridgehead atoms. The minimum atomic E-state index is 0.640. The van der Waals surface area contributed by atoms with Crippen LogP contribution >= 0.6 is 15.9 Å². The second-order valence-corrected chi connectivity index (χ2v) is 5.93. The molecule has 0 aliphatic rings. The third kappa shape index (κ3) is 7.71. The van der Waals surface area contributed by atoms with Crippen molar-refractivity contribution in [3.63, 3.8) is 0 Å². The molecular formula is C16H26BrNO. The highest BCUT2D eigenvalue weighted by atomic mass is 79.9. The zero-order valence-corrected chi connectivity index (χ0v) is 13.7. The summed E-state index contributed by atoms with van der Waals surface area (Å²) >= 11 is 3.53. The number of hydrogen-bond acceptors (Lipinski definition) is 2. The molecule has 2 nitrogen and oxygen atoms in total. The van der Waals surface area contributed by atoms with Gasteiger partial charge in [0.25, 0.3) is 0 Å². The highest BCUT2D eigenvalue weighted by Gasteiger charge is 2.09. The lowest BCUT2D eigenvalue weighted by Gasteiger charge is -2.17. The quantitative estimate of drug-likeness (QED) is 0.655. The Bertz CT molecular complexity index is 343. The second kappa shape index (κ2) is 10.4. The van der Waals surface area contributed by atoms with Gasteiger partial charge in [-0.2, -0.15) is 0 Å². The van der Waals surface area contributed by atoms with Gasteiger partial charge in [0.15, 0.2) is 0 Å². The molecule has 1 atom stereocenters. The summed E-state index contributed by atoms with van der Waals surface area (Å²) in [5, 5.41) is 3.29. The van der Waals surface area contributed by atoms with Crippen LogP contribution < -0.4 is 5.32 Å². The monoisotopic (exact) mass is 327 g/mol. The normalized spacial score (nSPS) is 12.6. The zero-order chi connectivity index (χ0) is 13.9. The van der Waals surface area contributed by atoms with Crippen molar-refractivity contribution in [2.75, 3.05) is 26.8 Å². The number of nitrogens with one attached hydrogen (secondary N) is 1. The Morgan fingerprint density at radius 2 is 2.16 bits per heavy atom. The number of ether oxygens (including phenoxy) is 1. The maximum Gasteiger partial charge on any atom is 0.0469 e. The predicted molar refractivity (Wildman–Crippen MR) is 85.6 cm³/mol. The van der Waals surface area contributed by atoms with Crippen LogP contribution in [0.2, 0.25) is 0 Å². The van der Waals surface area contributed by atoms with Crippen LogP contribution in [0.3, 0.4) is 0 Å². The van der Waals surface area contributed by atoms with E-state index in [0.29, 0.717) is 5.92 Å². The van der Waals surface area contributed by atoms with Crippen LogP contribution in [0, 0.1) is 5.92 Å². The van der Waals surface area contributed by atoms with Crippen LogP contribution in [-0.2, 0) is 11.2 Å². The fourth-order valence-corrected chi connectivity index (χ4v) is 2.61. The minimum Gasteiger partial charge on any atom is -0.381 e. The fourth-order valence-electron chi connectivity index (χ4n) is 2.16. The number of hydrogen-bond donors (Lipinski definition) is 1. The summed E-state index contributed by atoms with van der Waals surface area (Å²) in [6.45, 7) is 5.02. The maximum absolute atomic E-state index is 5.68. The summed E-state index contributed by atoms with van der Waals surface area (Å²) in [6.07, 6.45) is 4.61. The van der Waals surface area contributed by atoms with E-state index < -0.39 is 0 Å². The predicted octanol–water partition coefficient (Wildman–Crippen LogP) is 4.03. The molecule has 0 fully saturated rings. The van der Waals surface area contributed by atoms with Crippen LogP contribution in [0.25, 0.3) is 0 Å². The Hall–Kier alpha value is -0.380. The molecule has 0 radical (unpaired) electrons. The van der Waals surface area contributed by atoms with E-state index >= 15 is 0 Å². The molecule has 1 aromatic carbocycles. The van der Waals surface area contributed by atoms with Gasteiger partial charge in [0, 0.05) is 17.7 Å². The van der Waals surface area contributed by atoms with Gasteiger partial charge in [-0.25, -0.2) is 0 Å². The topological polar surface area (TPSA) is 21.3 Å². The second-order valence-electron chi connectivity index (χ2n) is 5.01. The van der Waals surface area contributed by atoms with Crippen molar-refractivity contribution in [2.45, 2.75) is 32.6 Å². The molecular weight excluding hydrogens is 302 g/mol. The van der Waals surface area contributed by atoms with E-state index in [2.05, 4.69) is 52.4 Å². The highest BCUT2D eigenvalue weighted by Crippen LogP contribution is 2.16. The summed E-state index contributed by atoms with van der Waals surface area (Å²) < 4.78 is 6.83. The molecule has 0 saturated carbocycles. The van der Waals surface area contributed by atoms with E-state index in [1.165, 1.54) is 18.4 Å². The third-order valence-electron chi connectivity index (χ3n) is 3.22. The van der Waals surface area contributed by atoms with Crippen molar-refractivity contribution in [1.29, 1.82) is 0 Å². The largest absolute Gasteiger partial charge is 0.381 e. The molecule has 1 unspecified atom stereocenters. The number of halogens is 1. The maximum atomic E-state index is 5.68. The molecule has 108 valence electrons. The van der Waals surface area contributed by atoms with Crippen molar-refractivity contribution >= 4 is 15.9 Å². The standard InChI is InChI=1S/C16H26BrNO/c1-3-4-9-19-10-8-15(13-18-2)11-14-6-5-7-16(17)12-14/h5-7,12,15,18H,3-4,8-11,13H2,1-2H3. The number of rotatable bonds is 10. The number of unbranched alkanes of at least 4 members (excludes halogenated alkanes) is 1. The Kier molecular flexibility index (Phi) is 9.14. The fraction of sp³-hybridized carbons (Fsp3) is 0.625. The summed E-state index contributed by atoms with van der Waals surface area (Å²) in [6, 6.07) is 8.59. The van der Waals surface area contributed by atoms with Crippen molar-refractivity contribution in [3.05, 3.63) is 34.3 Å². The van der Waals surface area contributed by atoms with Crippen LogP contribution in [0.1, 0.15) is 31.7 Å². The first-order chi connectivity index (χ1) is 9.26. The summed E-state index contributed by atoms with van der Waals surface area (Å²) in [5.41, 5.74) is 1.39. The molecule has 0 amide bonds. The summed E-state index contributed by atoms with van der Waals surface area (Å²) in [4.78, 5) is 0. The van der Waals surface area contributed by atoms with Gasteiger partial charge in [-0.15, -0.1) is 0 Å². The lowest BCUT2D eigenvalue weighted by Crippen LogP contribution is -2.22. The third-order valence-corrected chi connectivity index (χ3v) is 3.71. The average molecular weight is 328 g/mol.